The molecule has 1 saturated carbocycles. The van der Waals surface area contributed by atoms with Crippen molar-refractivity contribution in [2.75, 3.05) is 6.54 Å². The second-order valence-corrected chi connectivity index (χ2v) is 9.53. The van der Waals surface area contributed by atoms with E-state index in [-0.39, 0.29) is 5.56 Å². The third kappa shape index (κ3) is 4.59. The molecule has 168 valence electrons. The van der Waals surface area contributed by atoms with Crippen molar-refractivity contribution in [1.82, 2.24) is 9.55 Å². The van der Waals surface area contributed by atoms with Gasteiger partial charge in [0.25, 0.3) is 5.56 Å². The molecule has 0 aliphatic heterocycles. The van der Waals surface area contributed by atoms with Gasteiger partial charge in [-0.15, -0.1) is 0 Å². The number of nitrogens with two attached hydrogens (primary N) is 1. The number of aromatic nitrogens is 2. The normalized spacial score (nSPS) is 18.5. The molecule has 0 bridgehead atoms. The van der Waals surface area contributed by atoms with Crippen molar-refractivity contribution in [2.45, 2.75) is 32.2 Å². The average Bonchev–Trinajstić information content (AvgIpc) is 2.86. The molecule has 0 saturated heterocycles. The highest BCUT2D eigenvalue weighted by Crippen LogP contribution is 2.31. The molecule has 1 aliphatic rings. The third-order valence-electron chi connectivity index (χ3n) is 6.83. The van der Waals surface area contributed by atoms with Crippen LogP contribution in [0.15, 0.2) is 77.6 Å². The minimum Gasteiger partial charge on any atom is -0.330 e. The summed E-state index contributed by atoms with van der Waals surface area (Å²) in [6, 6.07) is 23.9. The van der Waals surface area contributed by atoms with Crippen LogP contribution in [-0.2, 0) is 6.54 Å². The van der Waals surface area contributed by atoms with Crippen molar-refractivity contribution in [3.63, 3.8) is 0 Å². The summed E-state index contributed by atoms with van der Waals surface area (Å²) in [6.45, 7) is 1.38. The topological polar surface area (TPSA) is 60.9 Å². The van der Waals surface area contributed by atoms with Crippen molar-refractivity contribution in [3.05, 3.63) is 88.2 Å². The Morgan fingerprint density at radius 2 is 1.61 bits per heavy atom. The average molecular weight is 458 g/mol. The van der Waals surface area contributed by atoms with E-state index in [0.717, 1.165) is 29.5 Å². The monoisotopic (exact) mass is 457 g/mol. The van der Waals surface area contributed by atoms with Gasteiger partial charge in [0, 0.05) is 17.1 Å². The molecule has 2 unspecified atom stereocenters. The number of rotatable bonds is 5. The van der Waals surface area contributed by atoms with E-state index in [1.807, 2.05) is 22.8 Å². The second kappa shape index (κ2) is 9.50. The van der Waals surface area contributed by atoms with E-state index >= 15 is 0 Å². The summed E-state index contributed by atoms with van der Waals surface area (Å²) < 4.78 is 1.87. The Hall–Kier alpha value is -2.95. The predicted octanol–water partition coefficient (Wildman–Crippen LogP) is 6.15. The van der Waals surface area contributed by atoms with Gasteiger partial charge in [-0.3, -0.25) is 9.36 Å². The largest absolute Gasteiger partial charge is 0.330 e. The van der Waals surface area contributed by atoms with Crippen LogP contribution >= 0.6 is 11.6 Å². The standard InChI is InChI=1S/C28H28ClN3O/c29-24-13-14-25-26(16-24)31-27(23-11-9-22(10-12-23)21-7-2-1-3-8-21)32(28(25)33)18-20-6-4-5-19(15-20)17-30/h1-3,7-14,16,19-20H,4-6,15,17-18,30H2. The molecule has 33 heavy (non-hydrogen) atoms. The number of nitrogens with zero attached hydrogens (tertiary/aromatic N) is 2. The lowest BCUT2D eigenvalue weighted by Gasteiger charge is -2.29. The van der Waals surface area contributed by atoms with Crippen LogP contribution < -0.4 is 11.3 Å². The molecule has 3 aromatic carbocycles. The first-order valence-electron chi connectivity index (χ1n) is 11.7. The molecule has 2 N–H and O–H groups in total. The zero-order valence-corrected chi connectivity index (χ0v) is 19.3. The third-order valence-corrected chi connectivity index (χ3v) is 7.07. The van der Waals surface area contributed by atoms with Gasteiger partial charge in [-0.1, -0.05) is 72.6 Å². The smallest absolute Gasteiger partial charge is 0.261 e. The molecule has 4 nitrogen and oxygen atoms in total. The number of fused-ring (bicyclic) bond motifs is 1. The molecule has 1 heterocycles. The predicted molar refractivity (Wildman–Crippen MR) is 136 cm³/mol. The van der Waals surface area contributed by atoms with Crippen LogP contribution in [0.4, 0.5) is 0 Å². The summed E-state index contributed by atoms with van der Waals surface area (Å²) in [4.78, 5) is 18.5. The molecule has 0 amide bonds. The van der Waals surface area contributed by atoms with Gasteiger partial charge >= 0.3 is 0 Å². The fourth-order valence-corrected chi connectivity index (χ4v) is 5.23. The van der Waals surface area contributed by atoms with E-state index in [9.17, 15) is 4.79 Å². The summed E-state index contributed by atoms with van der Waals surface area (Å²) in [5, 5.41) is 1.19. The van der Waals surface area contributed by atoms with Crippen molar-refractivity contribution < 1.29 is 0 Å². The first kappa shape index (κ1) is 21.9. The minimum absolute atomic E-state index is 0.00586. The molecular weight excluding hydrogens is 430 g/mol. The molecule has 5 heteroatoms. The van der Waals surface area contributed by atoms with E-state index in [1.54, 1.807) is 18.2 Å². The molecule has 0 spiro atoms. The maximum atomic E-state index is 13.6. The molecule has 0 radical (unpaired) electrons. The van der Waals surface area contributed by atoms with Crippen molar-refractivity contribution in [3.8, 4) is 22.5 Å². The van der Waals surface area contributed by atoms with Crippen LogP contribution in [0.5, 0.6) is 0 Å². The van der Waals surface area contributed by atoms with E-state index in [4.69, 9.17) is 22.3 Å². The number of halogens is 1. The summed E-state index contributed by atoms with van der Waals surface area (Å²) >= 11 is 6.22. The highest BCUT2D eigenvalue weighted by molar-refractivity contribution is 6.31. The van der Waals surface area contributed by atoms with Gasteiger partial charge in [-0.2, -0.15) is 0 Å². The fraction of sp³-hybridized carbons (Fsp3) is 0.286. The van der Waals surface area contributed by atoms with Gasteiger partial charge in [-0.05, 0) is 67.0 Å². The Bertz CT molecular complexity index is 1320. The summed E-state index contributed by atoms with van der Waals surface area (Å²) in [6.07, 6.45) is 4.53. The maximum absolute atomic E-state index is 13.6. The number of hydrogen-bond acceptors (Lipinski definition) is 3. The van der Waals surface area contributed by atoms with Crippen LogP contribution in [0.25, 0.3) is 33.4 Å². The zero-order chi connectivity index (χ0) is 22.8. The quantitative estimate of drug-likeness (QED) is 0.391. The second-order valence-electron chi connectivity index (χ2n) is 9.09. The Labute approximate surface area is 199 Å². The Balaban J connectivity index is 1.59. The zero-order valence-electron chi connectivity index (χ0n) is 18.6. The van der Waals surface area contributed by atoms with E-state index in [2.05, 4.69) is 36.4 Å². The summed E-state index contributed by atoms with van der Waals surface area (Å²) in [5.41, 5.74) is 9.82. The fourth-order valence-electron chi connectivity index (χ4n) is 5.07. The minimum atomic E-state index is -0.00586. The lowest BCUT2D eigenvalue weighted by Crippen LogP contribution is -2.30. The maximum Gasteiger partial charge on any atom is 0.261 e. The van der Waals surface area contributed by atoms with Gasteiger partial charge in [0.1, 0.15) is 5.82 Å². The van der Waals surface area contributed by atoms with Crippen LogP contribution in [0, 0.1) is 11.8 Å². The molecule has 1 fully saturated rings. The van der Waals surface area contributed by atoms with Gasteiger partial charge < -0.3 is 5.73 Å². The Kier molecular flexibility index (Phi) is 6.30. The van der Waals surface area contributed by atoms with Gasteiger partial charge in [-0.25, -0.2) is 4.98 Å². The van der Waals surface area contributed by atoms with E-state index < -0.39 is 0 Å². The van der Waals surface area contributed by atoms with Crippen molar-refractivity contribution >= 4 is 22.5 Å². The first-order chi connectivity index (χ1) is 16.1. The lowest BCUT2D eigenvalue weighted by molar-refractivity contribution is 0.246. The van der Waals surface area contributed by atoms with Gasteiger partial charge in [0.15, 0.2) is 0 Å². The molecule has 4 aromatic rings. The molecular formula is C28H28ClN3O. The molecule has 2 atom stereocenters. The molecule has 5 rings (SSSR count). The van der Waals surface area contributed by atoms with Crippen LogP contribution in [0.2, 0.25) is 5.02 Å². The highest BCUT2D eigenvalue weighted by Gasteiger charge is 2.23. The highest BCUT2D eigenvalue weighted by atomic mass is 35.5. The SMILES string of the molecule is NCC1CCCC(Cn2c(-c3ccc(-c4ccccc4)cc3)nc3cc(Cl)ccc3c2=O)C1. The van der Waals surface area contributed by atoms with Gasteiger partial charge in [0.05, 0.1) is 10.9 Å². The van der Waals surface area contributed by atoms with Crippen molar-refractivity contribution in [1.29, 1.82) is 0 Å². The number of benzene rings is 3. The van der Waals surface area contributed by atoms with Crippen molar-refractivity contribution in [2.24, 2.45) is 17.6 Å². The summed E-state index contributed by atoms with van der Waals surface area (Å²) in [7, 11) is 0. The number of hydrogen-bond donors (Lipinski definition) is 1. The van der Waals surface area contributed by atoms with E-state index in [0.29, 0.717) is 46.7 Å². The van der Waals surface area contributed by atoms with E-state index in [1.165, 1.54) is 12.8 Å². The summed E-state index contributed by atoms with van der Waals surface area (Å²) in [5.74, 6) is 1.67. The van der Waals surface area contributed by atoms with Crippen LogP contribution in [0.3, 0.4) is 0 Å². The van der Waals surface area contributed by atoms with Crippen LogP contribution in [0.1, 0.15) is 25.7 Å². The Morgan fingerprint density at radius 1 is 0.909 bits per heavy atom. The van der Waals surface area contributed by atoms with Crippen LogP contribution in [-0.4, -0.2) is 16.1 Å². The lowest BCUT2D eigenvalue weighted by atomic mass is 9.81. The molecule has 1 aromatic heterocycles. The molecule has 1 aliphatic carbocycles. The van der Waals surface area contributed by atoms with Gasteiger partial charge in [0.2, 0.25) is 0 Å². The Morgan fingerprint density at radius 3 is 2.36 bits per heavy atom. The first-order valence-corrected chi connectivity index (χ1v) is 12.1.